The topological polar surface area (TPSA) is 125 Å². The van der Waals surface area contributed by atoms with Gasteiger partial charge in [0.2, 0.25) is 0 Å². The van der Waals surface area contributed by atoms with E-state index >= 15 is 0 Å². The highest BCUT2D eigenvalue weighted by atomic mass is 31.2. The Kier molecular flexibility index (Phi) is 8.17. The summed E-state index contributed by atoms with van der Waals surface area (Å²) in [7, 11) is -5.36. The van der Waals surface area contributed by atoms with Gasteiger partial charge < -0.3 is 24.3 Å². The van der Waals surface area contributed by atoms with E-state index in [4.69, 9.17) is 9.16 Å². The predicted molar refractivity (Wildman–Crippen MR) is 153 cm³/mol. The highest BCUT2D eigenvalue weighted by Crippen LogP contribution is 2.44. The van der Waals surface area contributed by atoms with Crippen LogP contribution in [0.5, 0.6) is 0 Å². The molecular weight excluding hydrogens is 521 g/mol. The maximum absolute atomic E-state index is 12.8. The normalized spacial score (nSPS) is 30.6. The molecule has 0 spiro atoms. The number of amides is 1. The number of carbonyl (C=O) groups excluding carboxylic acids is 1. The molecule has 1 saturated heterocycles. The van der Waals surface area contributed by atoms with E-state index in [-0.39, 0.29) is 35.2 Å². The summed E-state index contributed by atoms with van der Waals surface area (Å²) in [5.41, 5.74) is 0.531. The Balaban J connectivity index is 1.55. The molecule has 3 aliphatic rings. The highest BCUT2D eigenvalue weighted by Gasteiger charge is 2.53. The van der Waals surface area contributed by atoms with E-state index in [1.54, 1.807) is 18.5 Å². The number of rotatable bonds is 7. The maximum atomic E-state index is 12.8. The van der Waals surface area contributed by atoms with Gasteiger partial charge in [-0.25, -0.2) is 9.98 Å². The van der Waals surface area contributed by atoms with E-state index in [0.717, 1.165) is 0 Å². The summed E-state index contributed by atoms with van der Waals surface area (Å²) >= 11 is 0. The van der Waals surface area contributed by atoms with Crippen molar-refractivity contribution in [2.75, 3.05) is 12.8 Å². The second-order valence-corrected chi connectivity index (χ2v) is 19.3. The molecule has 0 saturated carbocycles. The zero-order chi connectivity index (χ0) is 27.9. The van der Waals surface area contributed by atoms with Gasteiger partial charge in [0.25, 0.3) is 5.91 Å². The lowest BCUT2D eigenvalue weighted by atomic mass is 9.98. The molecule has 0 radical (unpaired) electrons. The lowest BCUT2D eigenvalue weighted by Gasteiger charge is -2.42. The molecule has 2 N–H and O–H groups in total. The highest BCUT2D eigenvalue weighted by molar-refractivity contribution is 7.57. The van der Waals surface area contributed by atoms with Crippen LogP contribution < -0.4 is 5.32 Å². The Morgan fingerprint density at radius 3 is 2.55 bits per heavy atom. The van der Waals surface area contributed by atoms with Gasteiger partial charge in [-0.1, -0.05) is 45.9 Å². The molecule has 3 unspecified atom stereocenters. The zero-order valence-electron chi connectivity index (χ0n) is 23.2. The van der Waals surface area contributed by atoms with Crippen molar-refractivity contribution in [2.45, 2.75) is 82.9 Å². The van der Waals surface area contributed by atoms with Crippen LogP contribution in [0.15, 0.2) is 45.3 Å². The quantitative estimate of drug-likeness (QED) is 0.384. The fourth-order valence-electron chi connectivity index (χ4n) is 4.64. The Labute approximate surface area is 226 Å². The van der Waals surface area contributed by atoms with Crippen molar-refractivity contribution in [1.29, 1.82) is 0 Å². The van der Waals surface area contributed by atoms with Crippen LogP contribution in [0.2, 0.25) is 18.1 Å². The van der Waals surface area contributed by atoms with Crippen LogP contribution in [-0.4, -0.2) is 86.0 Å². The molecule has 7 atom stereocenters. The number of ether oxygens (including phenoxy) is 1. The van der Waals surface area contributed by atoms with Gasteiger partial charge in [0, 0.05) is 24.3 Å². The van der Waals surface area contributed by atoms with Crippen molar-refractivity contribution in [3.05, 3.63) is 35.9 Å². The number of carbonyl (C=O) groups is 1. The van der Waals surface area contributed by atoms with Crippen LogP contribution in [0.25, 0.3) is 0 Å². The van der Waals surface area contributed by atoms with Crippen LogP contribution in [0.3, 0.4) is 0 Å². The van der Waals surface area contributed by atoms with Gasteiger partial charge in [0.15, 0.2) is 34.1 Å². The zero-order valence-corrected chi connectivity index (χ0v) is 25.1. The summed E-state index contributed by atoms with van der Waals surface area (Å²) in [5.74, 6) is 0.158. The van der Waals surface area contributed by atoms with Crippen molar-refractivity contribution in [3.63, 3.8) is 0 Å². The SMILES string of the molecule is C[C@H]1[C@@H](O[Si](C)(C)C(C)(C)C)[C@H](N2C=NC3C(NC(=O)c4ccccc4)=NC=NC32)O[C@@H]1CCP(C)(=O)O. The standard InChI is InChI=1S/C26H40N5O5PSi/c1-17-19(13-14-37(5,33)34)35-25(21(17)36-38(6,7)26(2,3)4)31-16-29-20-22(27-15-28-23(20)31)30-24(32)18-11-9-8-10-12-18/h8-12,15-17,19-21,23,25H,13-14H2,1-7H3,(H,33,34)(H,27,28,30,32)/t17-,19-,20?,21-,23?,25-/m1/s1. The average molecular weight is 562 g/mol. The van der Waals surface area contributed by atoms with E-state index in [1.165, 1.54) is 13.0 Å². The third-order valence-electron chi connectivity index (χ3n) is 7.98. The summed E-state index contributed by atoms with van der Waals surface area (Å²) < 4.78 is 25.5. The van der Waals surface area contributed by atoms with Crippen LogP contribution in [0.1, 0.15) is 44.5 Å². The molecule has 38 heavy (non-hydrogen) atoms. The maximum Gasteiger partial charge on any atom is 0.256 e. The summed E-state index contributed by atoms with van der Waals surface area (Å²) in [5, 5.41) is 2.89. The number of aliphatic imine (C=N–C) groups is 3. The smallest absolute Gasteiger partial charge is 0.256 e. The number of hydrogen-bond donors (Lipinski definition) is 2. The van der Waals surface area contributed by atoms with Crippen molar-refractivity contribution in [2.24, 2.45) is 20.9 Å². The van der Waals surface area contributed by atoms with E-state index in [1.807, 2.05) is 23.1 Å². The number of amidine groups is 1. The molecule has 12 heteroatoms. The third kappa shape index (κ3) is 6.18. The molecule has 4 rings (SSSR count). The fourth-order valence-corrected chi connectivity index (χ4v) is 6.74. The molecule has 3 heterocycles. The van der Waals surface area contributed by atoms with Crippen LogP contribution in [0, 0.1) is 5.92 Å². The van der Waals surface area contributed by atoms with Crippen LogP contribution in [0.4, 0.5) is 0 Å². The van der Waals surface area contributed by atoms with Crippen LogP contribution >= 0.6 is 7.37 Å². The molecule has 3 aliphatic heterocycles. The monoisotopic (exact) mass is 561 g/mol. The molecular formula is C26H40N5O5PSi. The first kappa shape index (κ1) is 28.8. The van der Waals surface area contributed by atoms with Gasteiger partial charge in [-0.3, -0.25) is 14.4 Å². The lowest BCUT2D eigenvalue weighted by Crippen LogP contribution is -2.55. The van der Waals surface area contributed by atoms with Crippen molar-refractivity contribution >= 4 is 40.1 Å². The minimum absolute atomic E-state index is 0.00776. The van der Waals surface area contributed by atoms with Gasteiger partial charge in [-0.2, -0.15) is 0 Å². The minimum atomic E-state index is -3.18. The van der Waals surface area contributed by atoms with E-state index < -0.39 is 34.1 Å². The molecule has 10 nitrogen and oxygen atoms in total. The lowest BCUT2D eigenvalue weighted by molar-refractivity contribution is -0.0648. The Morgan fingerprint density at radius 1 is 1.24 bits per heavy atom. The number of nitrogens with one attached hydrogen (secondary N) is 1. The average Bonchev–Trinajstić information content (AvgIpc) is 3.39. The number of benzene rings is 1. The Morgan fingerprint density at radius 2 is 1.92 bits per heavy atom. The van der Waals surface area contributed by atoms with E-state index in [9.17, 15) is 14.3 Å². The van der Waals surface area contributed by atoms with Gasteiger partial charge in [0.1, 0.15) is 12.2 Å². The minimum Gasteiger partial charge on any atom is -0.409 e. The second-order valence-electron chi connectivity index (χ2n) is 12.0. The van der Waals surface area contributed by atoms with Gasteiger partial charge in [-0.15, -0.1) is 0 Å². The van der Waals surface area contributed by atoms with Gasteiger partial charge >= 0.3 is 0 Å². The van der Waals surface area contributed by atoms with Crippen LogP contribution in [-0.2, 0) is 13.7 Å². The molecule has 208 valence electrons. The number of fused-ring (bicyclic) bond motifs is 1. The molecule has 0 aromatic heterocycles. The summed E-state index contributed by atoms with van der Waals surface area (Å²) in [6.45, 7) is 14.5. The largest absolute Gasteiger partial charge is 0.409 e. The Bertz CT molecular complexity index is 1160. The van der Waals surface area contributed by atoms with Crippen molar-refractivity contribution in [1.82, 2.24) is 10.2 Å². The summed E-state index contributed by atoms with van der Waals surface area (Å²) in [6.07, 6.45) is 2.33. The van der Waals surface area contributed by atoms with E-state index in [0.29, 0.717) is 17.8 Å². The number of nitrogens with zero attached hydrogens (tertiary/aromatic N) is 4. The van der Waals surface area contributed by atoms with Crippen molar-refractivity contribution < 1.29 is 23.4 Å². The molecule has 0 bridgehead atoms. The van der Waals surface area contributed by atoms with Gasteiger partial charge in [0.05, 0.1) is 18.5 Å². The summed E-state index contributed by atoms with van der Waals surface area (Å²) in [4.78, 5) is 38.2. The number of hydrogen-bond acceptors (Lipinski definition) is 8. The molecule has 1 aromatic carbocycles. The van der Waals surface area contributed by atoms with Gasteiger partial charge in [-0.05, 0) is 36.7 Å². The molecule has 1 aromatic rings. The second kappa shape index (κ2) is 10.8. The van der Waals surface area contributed by atoms with Crippen molar-refractivity contribution in [3.8, 4) is 0 Å². The first-order chi connectivity index (χ1) is 17.7. The fraction of sp³-hybridized carbons (Fsp3) is 0.615. The predicted octanol–water partition coefficient (Wildman–Crippen LogP) is 3.94. The molecule has 0 aliphatic carbocycles. The molecule has 1 amide bonds. The molecule has 1 fully saturated rings. The first-order valence-electron chi connectivity index (χ1n) is 13.1. The first-order valence-corrected chi connectivity index (χ1v) is 18.3. The third-order valence-corrected chi connectivity index (χ3v) is 13.5. The Hall–Kier alpha value is -2.17. The summed E-state index contributed by atoms with van der Waals surface area (Å²) in [6, 6.07) is 8.47. The van der Waals surface area contributed by atoms with E-state index in [2.05, 4.69) is 61.1 Å².